The molecule has 7 nitrogen and oxygen atoms in total. The number of hydrogen-bond acceptors (Lipinski definition) is 4. The second-order valence-electron chi connectivity index (χ2n) is 10.4. The van der Waals surface area contributed by atoms with Crippen LogP contribution in [0.15, 0.2) is 77.6 Å². The first-order valence-corrected chi connectivity index (χ1v) is 13.4. The van der Waals surface area contributed by atoms with Crippen molar-refractivity contribution in [2.75, 3.05) is 25.0 Å². The molecular formula is C30H35Cl2FN6O. The van der Waals surface area contributed by atoms with Crippen LogP contribution in [0, 0.1) is 11.7 Å². The molecule has 212 valence electrons. The van der Waals surface area contributed by atoms with Crippen molar-refractivity contribution in [2.24, 2.45) is 5.92 Å². The van der Waals surface area contributed by atoms with E-state index < -0.39 is 0 Å². The minimum absolute atomic E-state index is 0. The van der Waals surface area contributed by atoms with Crippen LogP contribution in [0.4, 0.5) is 10.3 Å². The number of anilines is 1. The number of aromatic amines is 1. The Balaban J connectivity index is 0.00000185. The van der Waals surface area contributed by atoms with Crippen molar-refractivity contribution in [1.82, 2.24) is 24.0 Å². The average molecular weight is 586 g/mol. The summed E-state index contributed by atoms with van der Waals surface area (Å²) in [5.74, 6) is 1.08. The van der Waals surface area contributed by atoms with Crippen LogP contribution >= 0.6 is 24.8 Å². The number of nitrogens with one attached hydrogen (secondary N) is 2. The number of piperidine rings is 1. The number of imidazole rings is 2. The molecule has 40 heavy (non-hydrogen) atoms. The Morgan fingerprint density at radius 2 is 1.68 bits per heavy atom. The van der Waals surface area contributed by atoms with Crippen molar-refractivity contribution in [3.05, 3.63) is 94.7 Å². The van der Waals surface area contributed by atoms with Gasteiger partial charge in [0.2, 0.25) is 5.95 Å². The van der Waals surface area contributed by atoms with Crippen LogP contribution in [0.2, 0.25) is 0 Å². The van der Waals surface area contributed by atoms with E-state index in [2.05, 4.69) is 32.8 Å². The smallest absolute Gasteiger partial charge is 0.326 e. The summed E-state index contributed by atoms with van der Waals surface area (Å²) in [4.78, 5) is 22.7. The van der Waals surface area contributed by atoms with Gasteiger partial charge in [0.15, 0.2) is 0 Å². The third-order valence-corrected chi connectivity index (χ3v) is 7.75. The minimum Gasteiger partial charge on any atom is -0.353 e. The number of halogens is 3. The van der Waals surface area contributed by atoms with Crippen molar-refractivity contribution in [3.63, 3.8) is 0 Å². The van der Waals surface area contributed by atoms with E-state index in [0.29, 0.717) is 25.0 Å². The van der Waals surface area contributed by atoms with Crippen LogP contribution in [0.5, 0.6) is 0 Å². The average Bonchev–Trinajstić information content (AvgIpc) is 3.43. The Morgan fingerprint density at radius 3 is 2.45 bits per heavy atom. The fraction of sp³-hybridized carbons (Fsp3) is 0.333. The second kappa shape index (κ2) is 12.9. The minimum atomic E-state index is -0.225. The summed E-state index contributed by atoms with van der Waals surface area (Å²) in [6.07, 6.45) is 1.95. The standard InChI is InChI=1S/C30H33FN6O.2ClH/c1-21-19-35(16-6-17-36-27-9-4-3-8-26(27)34-30(36)38)18-15-24(21)32-29-33-25-7-2-5-10-28(25)37(29)20-22-11-13-23(31)14-12-22;;/h2-5,7-14,21,24H,6,15-20H2,1H3,(H,32,33)(H,34,38);2*1H. The number of rotatable bonds is 8. The quantitative estimate of drug-likeness (QED) is 0.237. The van der Waals surface area contributed by atoms with Gasteiger partial charge in [-0.3, -0.25) is 4.57 Å². The third kappa shape index (κ3) is 6.19. The molecule has 2 N–H and O–H groups in total. The number of para-hydroxylation sites is 4. The van der Waals surface area contributed by atoms with E-state index >= 15 is 0 Å². The lowest BCUT2D eigenvalue weighted by Gasteiger charge is -2.37. The highest BCUT2D eigenvalue weighted by molar-refractivity contribution is 5.85. The lowest BCUT2D eigenvalue weighted by atomic mass is 9.94. The van der Waals surface area contributed by atoms with Crippen LogP contribution in [0.25, 0.3) is 22.1 Å². The molecule has 0 bridgehead atoms. The van der Waals surface area contributed by atoms with Gasteiger partial charge in [0.25, 0.3) is 0 Å². The van der Waals surface area contributed by atoms with E-state index in [0.717, 1.165) is 66.1 Å². The molecule has 1 aliphatic heterocycles. The van der Waals surface area contributed by atoms with Crippen LogP contribution in [0.1, 0.15) is 25.3 Å². The van der Waals surface area contributed by atoms with Gasteiger partial charge in [-0.15, -0.1) is 24.8 Å². The molecule has 3 aromatic carbocycles. The molecule has 1 aliphatic rings. The monoisotopic (exact) mass is 584 g/mol. The van der Waals surface area contributed by atoms with Crippen molar-refractivity contribution in [1.29, 1.82) is 0 Å². The molecular weight excluding hydrogens is 550 g/mol. The summed E-state index contributed by atoms with van der Waals surface area (Å²) in [5, 5.41) is 3.75. The Labute approximate surface area is 245 Å². The van der Waals surface area contributed by atoms with Gasteiger partial charge < -0.3 is 19.8 Å². The summed E-state index contributed by atoms with van der Waals surface area (Å²) in [6.45, 7) is 6.60. The number of hydrogen-bond donors (Lipinski definition) is 2. The molecule has 3 heterocycles. The molecule has 1 saturated heterocycles. The van der Waals surface area contributed by atoms with E-state index in [1.165, 1.54) is 12.1 Å². The molecule has 2 unspecified atom stereocenters. The summed E-state index contributed by atoms with van der Waals surface area (Å²) in [5.41, 5.74) is 4.88. The highest BCUT2D eigenvalue weighted by Gasteiger charge is 2.27. The van der Waals surface area contributed by atoms with Gasteiger partial charge in [0.1, 0.15) is 5.82 Å². The fourth-order valence-electron chi connectivity index (χ4n) is 5.71. The maximum Gasteiger partial charge on any atom is 0.326 e. The molecule has 10 heteroatoms. The van der Waals surface area contributed by atoms with Gasteiger partial charge in [-0.2, -0.15) is 0 Å². The van der Waals surface area contributed by atoms with Crippen molar-refractivity contribution in [3.8, 4) is 0 Å². The van der Waals surface area contributed by atoms with Crippen molar-refractivity contribution in [2.45, 2.75) is 38.9 Å². The van der Waals surface area contributed by atoms with Gasteiger partial charge in [-0.1, -0.05) is 43.3 Å². The fourth-order valence-corrected chi connectivity index (χ4v) is 5.71. The van der Waals surface area contributed by atoms with Crippen molar-refractivity contribution >= 4 is 52.8 Å². The molecule has 2 atom stereocenters. The molecule has 6 rings (SSSR count). The third-order valence-electron chi connectivity index (χ3n) is 7.75. The lowest BCUT2D eigenvalue weighted by Crippen LogP contribution is -2.46. The predicted molar refractivity (Wildman–Crippen MR) is 165 cm³/mol. The number of nitrogens with zero attached hydrogens (tertiary/aromatic N) is 4. The maximum absolute atomic E-state index is 13.5. The highest BCUT2D eigenvalue weighted by Crippen LogP contribution is 2.26. The molecule has 1 fully saturated rings. The molecule has 0 aliphatic carbocycles. The SMILES string of the molecule is CC1CN(CCCn2c(=O)[nH]c3ccccc32)CCC1Nc1nc2ccccc2n1Cc1ccc(F)cc1.Cl.Cl. The van der Waals surface area contributed by atoms with Crippen molar-refractivity contribution < 1.29 is 4.39 Å². The number of benzene rings is 3. The van der Waals surface area contributed by atoms with Gasteiger partial charge in [-0.05, 0) is 67.3 Å². The number of aromatic nitrogens is 4. The van der Waals surface area contributed by atoms with Crippen LogP contribution in [0.3, 0.4) is 0 Å². The number of H-pyrrole nitrogens is 1. The lowest BCUT2D eigenvalue weighted by molar-refractivity contribution is 0.167. The van der Waals surface area contributed by atoms with Gasteiger partial charge in [0.05, 0.1) is 28.6 Å². The molecule has 2 aromatic heterocycles. The van der Waals surface area contributed by atoms with Gasteiger partial charge in [0, 0.05) is 25.7 Å². The van der Waals surface area contributed by atoms with E-state index in [4.69, 9.17) is 4.98 Å². The Bertz CT molecular complexity index is 1610. The Kier molecular flexibility index (Phi) is 9.56. The molecule has 5 aromatic rings. The zero-order valence-electron chi connectivity index (χ0n) is 22.4. The zero-order valence-corrected chi connectivity index (χ0v) is 24.1. The summed E-state index contributed by atoms with van der Waals surface area (Å²) in [6, 6.07) is 23.0. The van der Waals surface area contributed by atoms with E-state index in [1.54, 1.807) is 0 Å². The normalized spacial score (nSPS) is 17.4. The van der Waals surface area contributed by atoms with E-state index in [9.17, 15) is 9.18 Å². The first kappa shape index (κ1) is 29.6. The Hall–Kier alpha value is -3.33. The van der Waals surface area contributed by atoms with Crippen LogP contribution < -0.4 is 11.0 Å². The van der Waals surface area contributed by atoms with E-state index in [-0.39, 0.29) is 36.3 Å². The second-order valence-corrected chi connectivity index (χ2v) is 10.4. The zero-order chi connectivity index (χ0) is 26.1. The molecule has 0 amide bonds. The van der Waals surface area contributed by atoms with Gasteiger partial charge >= 0.3 is 5.69 Å². The number of aryl methyl sites for hydroxylation is 1. The predicted octanol–water partition coefficient (Wildman–Crippen LogP) is 5.92. The maximum atomic E-state index is 13.5. The first-order valence-electron chi connectivity index (χ1n) is 13.4. The molecule has 0 radical (unpaired) electrons. The van der Waals surface area contributed by atoms with Crippen LogP contribution in [-0.4, -0.2) is 49.7 Å². The molecule has 0 saturated carbocycles. The Morgan fingerprint density at radius 1 is 0.950 bits per heavy atom. The van der Waals surface area contributed by atoms with E-state index in [1.807, 2.05) is 59.2 Å². The largest absolute Gasteiger partial charge is 0.353 e. The number of fused-ring (bicyclic) bond motifs is 2. The first-order chi connectivity index (χ1) is 18.5. The highest BCUT2D eigenvalue weighted by atomic mass is 35.5. The summed E-state index contributed by atoms with van der Waals surface area (Å²) < 4.78 is 17.5. The number of likely N-dealkylation sites (tertiary alicyclic amines) is 1. The summed E-state index contributed by atoms with van der Waals surface area (Å²) in [7, 11) is 0. The van der Waals surface area contributed by atoms with Crippen LogP contribution in [-0.2, 0) is 13.1 Å². The van der Waals surface area contributed by atoms with Gasteiger partial charge in [-0.25, -0.2) is 14.2 Å². The topological polar surface area (TPSA) is 70.9 Å². The molecule has 0 spiro atoms. The summed E-state index contributed by atoms with van der Waals surface area (Å²) >= 11 is 0.